The molecule has 1 rings (SSSR count). The maximum Gasteiger partial charge on any atom is 0.0899 e. The summed E-state index contributed by atoms with van der Waals surface area (Å²) in [4.78, 5) is 0. The van der Waals surface area contributed by atoms with Gasteiger partial charge in [-0.25, -0.2) is 0 Å². The van der Waals surface area contributed by atoms with Gasteiger partial charge in [-0.05, 0) is 35.9 Å². The Morgan fingerprint density at radius 2 is 2.38 bits per heavy atom. The van der Waals surface area contributed by atoms with Crippen LogP contribution in [0.25, 0.3) is 0 Å². The van der Waals surface area contributed by atoms with E-state index in [4.69, 9.17) is 4.74 Å². The van der Waals surface area contributed by atoms with E-state index in [1.807, 2.05) is 17.9 Å². The predicted molar refractivity (Wildman–Crippen MR) is 60.5 cm³/mol. The third-order valence-electron chi connectivity index (χ3n) is 2.09. The molecule has 0 bridgehead atoms. The fraction of sp³-hybridized carbons (Fsp3) is 0.667. The molecule has 74 valence electrons. The van der Waals surface area contributed by atoms with Crippen molar-refractivity contribution in [3.05, 3.63) is 15.5 Å². The van der Waals surface area contributed by atoms with Crippen molar-refractivity contribution >= 4 is 22.6 Å². The zero-order valence-electron chi connectivity index (χ0n) is 8.25. The third kappa shape index (κ3) is 2.95. The molecule has 1 atom stereocenters. The number of aryl methyl sites for hydroxylation is 1. The Labute approximate surface area is 92.6 Å². The molecule has 0 radical (unpaired) electrons. The average molecular weight is 294 g/mol. The number of rotatable bonds is 4. The second kappa shape index (κ2) is 4.95. The zero-order valence-corrected chi connectivity index (χ0v) is 10.4. The maximum absolute atomic E-state index is 5.63. The van der Waals surface area contributed by atoms with Crippen LogP contribution in [0.3, 0.4) is 0 Å². The Bertz CT molecular complexity index is 253. The zero-order chi connectivity index (χ0) is 9.84. The van der Waals surface area contributed by atoms with Crippen molar-refractivity contribution in [1.29, 1.82) is 0 Å². The molecular formula is C9H15IN2O. The second-order valence-electron chi connectivity index (χ2n) is 3.09. The summed E-state index contributed by atoms with van der Waals surface area (Å²) in [5.41, 5.74) is 1.15. The van der Waals surface area contributed by atoms with Gasteiger partial charge < -0.3 is 4.74 Å². The summed E-state index contributed by atoms with van der Waals surface area (Å²) in [5, 5.41) is 4.15. The van der Waals surface area contributed by atoms with Crippen molar-refractivity contribution < 1.29 is 4.74 Å². The van der Waals surface area contributed by atoms with Gasteiger partial charge in [-0.3, -0.25) is 4.68 Å². The molecule has 1 heterocycles. The van der Waals surface area contributed by atoms with Gasteiger partial charge in [0.2, 0.25) is 0 Å². The smallest absolute Gasteiger partial charge is 0.0899 e. The monoisotopic (exact) mass is 294 g/mol. The van der Waals surface area contributed by atoms with Crippen LogP contribution in [0, 0.1) is 3.57 Å². The lowest BCUT2D eigenvalue weighted by molar-refractivity contribution is 0.0468. The van der Waals surface area contributed by atoms with Crippen molar-refractivity contribution in [1.82, 2.24) is 9.78 Å². The molecular weight excluding hydrogens is 279 g/mol. The van der Waals surface area contributed by atoms with E-state index in [-0.39, 0.29) is 0 Å². The molecule has 0 saturated carbocycles. The average Bonchev–Trinajstić information content (AvgIpc) is 2.43. The number of halogens is 1. The van der Waals surface area contributed by atoms with Gasteiger partial charge in [0.25, 0.3) is 0 Å². The minimum Gasteiger partial charge on any atom is -0.372 e. The van der Waals surface area contributed by atoms with Gasteiger partial charge in [-0.1, -0.05) is 6.92 Å². The van der Waals surface area contributed by atoms with Gasteiger partial charge in [0, 0.05) is 7.05 Å². The Morgan fingerprint density at radius 1 is 1.69 bits per heavy atom. The number of ether oxygens (including phenoxy) is 1. The van der Waals surface area contributed by atoms with Gasteiger partial charge in [0.15, 0.2) is 0 Å². The van der Waals surface area contributed by atoms with E-state index in [0.717, 1.165) is 12.1 Å². The van der Waals surface area contributed by atoms with Crippen LogP contribution in [-0.2, 0) is 18.4 Å². The van der Waals surface area contributed by atoms with Crippen molar-refractivity contribution in [2.24, 2.45) is 7.05 Å². The van der Waals surface area contributed by atoms with Crippen LogP contribution in [0.15, 0.2) is 6.20 Å². The Hall–Kier alpha value is -0.100. The van der Waals surface area contributed by atoms with Crippen LogP contribution >= 0.6 is 22.6 Å². The molecule has 0 aliphatic rings. The molecule has 0 spiro atoms. The van der Waals surface area contributed by atoms with Crippen molar-refractivity contribution in [2.75, 3.05) is 0 Å². The van der Waals surface area contributed by atoms with Crippen LogP contribution in [0.5, 0.6) is 0 Å². The second-order valence-corrected chi connectivity index (χ2v) is 4.25. The highest BCUT2D eigenvalue weighted by atomic mass is 127. The first-order valence-corrected chi connectivity index (χ1v) is 5.51. The van der Waals surface area contributed by atoms with E-state index >= 15 is 0 Å². The molecule has 13 heavy (non-hydrogen) atoms. The number of aromatic nitrogens is 2. The molecule has 0 unspecified atom stereocenters. The fourth-order valence-corrected chi connectivity index (χ4v) is 1.57. The van der Waals surface area contributed by atoms with Crippen LogP contribution in [0.1, 0.15) is 26.0 Å². The molecule has 4 heteroatoms. The highest BCUT2D eigenvalue weighted by molar-refractivity contribution is 14.1. The van der Waals surface area contributed by atoms with Gasteiger partial charge in [-0.2, -0.15) is 5.10 Å². The quantitative estimate of drug-likeness (QED) is 0.797. The Kier molecular flexibility index (Phi) is 4.18. The largest absolute Gasteiger partial charge is 0.372 e. The van der Waals surface area contributed by atoms with Gasteiger partial charge in [-0.15, -0.1) is 0 Å². The van der Waals surface area contributed by atoms with Gasteiger partial charge in [0.1, 0.15) is 0 Å². The number of nitrogens with zero attached hydrogens (tertiary/aromatic N) is 2. The summed E-state index contributed by atoms with van der Waals surface area (Å²) in [6.07, 6.45) is 3.23. The molecule has 0 aromatic carbocycles. The molecule has 0 saturated heterocycles. The van der Waals surface area contributed by atoms with E-state index in [0.29, 0.717) is 12.7 Å². The van der Waals surface area contributed by atoms with Crippen LogP contribution < -0.4 is 0 Å². The lowest BCUT2D eigenvalue weighted by Gasteiger charge is -2.10. The number of hydrogen-bond acceptors (Lipinski definition) is 2. The van der Waals surface area contributed by atoms with E-state index in [2.05, 4.69) is 41.5 Å². The van der Waals surface area contributed by atoms with Crippen LogP contribution in [0.4, 0.5) is 0 Å². The highest BCUT2D eigenvalue weighted by Crippen LogP contribution is 2.12. The summed E-state index contributed by atoms with van der Waals surface area (Å²) in [7, 11) is 1.94. The van der Waals surface area contributed by atoms with Crippen molar-refractivity contribution in [3.63, 3.8) is 0 Å². The summed E-state index contributed by atoms with van der Waals surface area (Å²) >= 11 is 2.28. The SMILES string of the molecule is CC[C@H](C)OCc1c(I)cnn1C. The van der Waals surface area contributed by atoms with E-state index in [9.17, 15) is 0 Å². The minimum atomic E-state index is 0.325. The molecule has 0 N–H and O–H groups in total. The predicted octanol–water partition coefficient (Wildman–Crippen LogP) is 2.34. The first-order valence-electron chi connectivity index (χ1n) is 4.43. The van der Waals surface area contributed by atoms with E-state index < -0.39 is 0 Å². The van der Waals surface area contributed by atoms with Gasteiger partial charge in [0.05, 0.1) is 28.2 Å². The van der Waals surface area contributed by atoms with Crippen LogP contribution in [0.2, 0.25) is 0 Å². The van der Waals surface area contributed by atoms with Crippen molar-refractivity contribution in [2.45, 2.75) is 33.0 Å². The third-order valence-corrected chi connectivity index (χ3v) is 2.99. The molecule has 0 fully saturated rings. The maximum atomic E-state index is 5.63. The fourth-order valence-electron chi connectivity index (χ4n) is 0.937. The summed E-state index contributed by atoms with van der Waals surface area (Å²) in [6, 6.07) is 0. The first-order chi connectivity index (χ1) is 6.15. The first kappa shape index (κ1) is 11.0. The molecule has 0 aliphatic carbocycles. The summed E-state index contributed by atoms with van der Waals surface area (Å²) in [5.74, 6) is 0. The molecule has 1 aromatic rings. The minimum absolute atomic E-state index is 0.325. The Balaban J connectivity index is 2.53. The Morgan fingerprint density at radius 3 is 2.85 bits per heavy atom. The summed E-state index contributed by atoms with van der Waals surface area (Å²) in [6.45, 7) is 4.87. The normalized spacial score (nSPS) is 13.2. The lowest BCUT2D eigenvalue weighted by Crippen LogP contribution is -2.09. The van der Waals surface area contributed by atoms with E-state index in [1.165, 1.54) is 3.57 Å². The topological polar surface area (TPSA) is 27.1 Å². The number of hydrogen-bond donors (Lipinski definition) is 0. The highest BCUT2D eigenvalue weighted by Gasteiger charge is 2.07. The standard InChI is InChI=1S/C9H15IN2O/c1-4-7(2)13-6-9-8(10)5-11-12(9)3/h5,7H,4,6H2,1-3H3/t7-/m0/s1. The lowest BCUT2D eigenvalue weighted by atomic mass is 10.3. The van der Waals surface area contributed by atoms with Crippen molar-refractivity contribution in [3.8, 4) is 0 Å². The summed E-state index contributed by atoms with van der Waals surface area (Å²) < 4.78 is 8.67. The molecule has 0 aliphatic heterocycles. The van der Waals surface area contributed by atoms with E-state index in [1.54, 1.807) is 0 Å². The molecule has 0 amide bonds. The molecule has 3 nitrogen and oxygen atoms in total. The van der Waals surface area contributed by atoms with Crippen LogP contribution in [-0.4, -0.2) is 15.9 Å². The molecule has 1 aromatic heterocycles. The van der Waals surface area contributed by atoms with Gasteiger partial charge >= 0.3 is 0 Å².